The van der Waals surface area contributed by atoms with Crippen molar-refractivity contribution in [3.8, 4) is 0 Å². The number of carbonyl (C=O) groups is 1. The number of hydrogen-bond donors (Lipinski definition) is 1. The molecule has 0 saturated carbocycles. The van der Waals surface area contributed by atoms with Crippen molar-refractivity contribution in [2.75, 3.05) is 24.7 Å². The van der Waals surface area contributed by atoms with Crippen LogP contribution in [0.1, 0.15) is 12.8 Å². The summed E-state index contributed by atoms with van der Waals surface area (Å²) in [5.74, 6) is -1.31. The second kappa shape index (κ2) is 8.21. The van der Waals surface area contributed by atoms with Gasteiger partial charge in [-0.05, 0) is 49.2 Å². The van der Waals surface area contributed by atoms with Gasteiger partial charge in [0.1, 0.15) is 5.82 Å². The first-order chi connectivity index (χ1) is 13.6. The van der Waals surface area contributed by atoms with E-state index in [1.807, 2.05) is 0 Å². The molecule has 0 atom stereocenters. The summed E-state index contributed by atoms with van der Waals surface area (Å²) in [7, 11) is -7.26. The maximum atomic E-state index is 13.0. The predicted octanol–water partition coefficient (Wildman–Crippen LogP) is 2.27. The lowest BCUT2D eigenvalue weighted by atomic mass is 9.97. The van der Waals surface area contributed by atoms with E-state index in [9.17, 15) is 26.0 Å². The van der Waals surface area contributed by atoms with Crippen molar-refractivity contribution in [1.82, 2.24) is 4.31 Å². The number of rotatable bonds is 5. The Hall–Kier alpha value is -2.30. The number of para-hydroxylation sites is 1. The highest BCUT2D eigenvalue weighted by Gasteiger charge is 2.32. The smallest absolute Gasteiger partial charge is 0.243 e. The first-order valence-corrected chi connectivity index (χ1v) is 12.3. The third kappa shape index (κ3) is 4.82. The Bertz CT molecular complexity index is 1110. The largest absolute Gasteiger partial charge is 0.325 e. The van der Waals surface area contributed by atoms with Gasteiger partial charge >= 0.3 is 0 Å². The van der Waals surface area contributed by atoms with Crippen molar-refractivity contribution in [2.45, 2.75) is 22.6 Å². The van der Waals surface area contributed by atoms with Crippen LogP contribution >= 0.6 is 0 Å². The number of nitrogens with one attached hydrogen (secondary N) is 1. The van der Waals surface area contributed by atoms with E-state index >= 15 is 0 Å². The fourth-order valence-electron chi connectivity index (χ4n) is 3.24. The zero-order valence-corrected chi connectivity index (χ0v) is 17.3. The zero-order valence-electron chi connectivity index (χ0n) is 15.7. The number of sulfonamides is 1. The molecular formula is C19H21FN2O5S2. The minimum Gasteiger partial charge on any atom is -0.325 e. The molecule has 29 heavy (non-hydrogen) atoms. The molecule has 1 heterocycles. The van der Waals surface area contributed by atoms with Gasteiger partial charge in [-0.1, -0.05) is 12.1 Å². The Morgan fingerprint density at radius 1 is 1.00 bits per heavy atom. The zero-order chi connectivity index (χ0) is 21.2. The number of amides is 1. The Morgan fingerprint density at radius 2 is 1.59 bits per heavy atom. The lowest BCUT2D eigenvalue weighted by molar-refractivity contribution is -0.120. The van der Waals surface area contributed by atoms with Gasteiger partial charge in [-0.25, -0.2) is 21.2 Å². The minimum atomic E-state index is -3.76. The standard InChI is InChI=1S/C19H21FN2O5S2/c1-28(24,25)18-5-3-2-4-17(18)21-19(23)14-10-12-22(13-11-14)29(26,27)16-8-6-15(20)7-9-16/h2-9,14H,10-13H2,1H3,(H,21,23). The second-order valence-corrected chi connectivity index (χ2v) is 10.8. The van der Waals surface area contributed by atoms with Gasteiger partial charge in [0.25, 0.3) is 0 Å². The molecule has 0 radical (unpaired) electrons. The van der Waals surface area contributed by atoms with Gasteiger partial charge in [0, 0.05) is 25.3 Å². The summed E-state index contributed by atoms with van der Waals surface area (Å²) in [5.41, 5.74) is 0.210. The molecule has 7 nitrogen and oxygen atoms in total. The molecule has 0 aliphatic carbocycles. The van der Waals surface area contributed by atoms with Crippen LogP contribution in [-0.4, -0.2) is 46.4 Å². The van der Waals surface area contributed by atoms with Gasteiger partial charge < -0.3 is 5.32 Å². The molecule has 0 spiro atoms. The van der Waals surface area contributed by atoms with Gasteiger partial charge in [0.05, 0.1) is 15.5 Å². The number of sulfone groups is 1. The number of nitrogens with zero attached hydrogens (tertiary/aromatic N) is 1. The molecule has 3 rings (SSSR count). The van der Waals surface area contributed by atoms with Gasteiger partial charge in [-0.15, -0.1) is 0 Å². The number of hydrogen-bond acceptors (Lipinski definition) is 5. The second-order valence-electron chi connectivity index (χ2n) is 6.89. The van der Waals surface area contributed by atoms with E-state index in [1.54, 1.807) is 12.1 Å². The maximum Gasteiger partial charge on any atom is 0.243 e. The van der Waals surface area contributed by atoms with Crippen molar-refractivity contribution in [2.24, 2.45) is 5.92 Å². The number of halogens is 1. The summed E-state index contributed by atoms with van der Waals surface area (Å²) in [4.78, 5) is 12.6. The van der Waals surface area contributed by atoms with Crippen molar-refractivity contribution in [1.29, 1.82) is 0 Å². The summed E-state index contributed by atoms with van der Waals surface area (Å²) >= 11 is 0. The van der Waals surface area contributed by atoms with E-state index in [0.717, 1.165) is 18.4 Å². The molecule has 0 unspecified atom stereocenters. The van der Waals surface area contributed by atoms with Crippen molar-refractivity contribution in [3.63, 3.8) is 0 Å². The first kappa shape index (κ1) is 21.4. The molecule has 1 aliphatic heterocycles. The van der Waals surface area contributed by atoms with Gasteiger partial charge in [0.15, 0.2) is 9.84 Å². The number of piperidine rings is 1. The van der Waals surface area contributed by atoms with E-state index < -0.39 is 31.6 Å². The third-order valence-corrected chi connectivity index (χ3v) is 7.89. The molecule has 0 aromatic heterocycles. The van der Waals surface area contributed by atoms with E-state index in [2.05, 4.69) is 5.32 Å². The Kier molecular flexibility index (Phi) is 6.06. The fourth-order valence-corrected chi connectivity index (χ4v) is 5.56. The summed E-state index contributed by atoms with van der Waals surface area (Å²) in [6.07, 6.45) is 1.66. The van der Waals surface area contributed by atoms with Crippen LogP contribution in [0.25, 0.3) is 0 Å². The SMILES string of the molecule is CS(=O)(=O)c1ccccc1NC(=O)C1CCN(S(=O)(=O)c2ccc(F)cc2)CC1. The van der Waals surface area contributed by atoms with Crippen molar-refractivity contribution < 1.29 is 26.0 Å². The molecule has 2 aromatic rings. The predicted molar refractivity (Wildman–Crippen MR) is 106 cm³/mol. The summed E-state index contributed by atoms with van der Waals surface area (Å²) in [6, 6.07) is 10.7. The highest BCUT2D eigenvalue weighted by molar-refractivity contribution is 7.91. The average molecular weight is 441 g/mol. The molecule has 1 saturated heterocycles. The summed E-state index contributed by atoms with van der Waals surface area (Å²) in [6.45, 7) is 0.289. The van der Waals surface area contributed by atoms with Crippen LogP contribution in [0.3, 0.4) is 0 Å². The highest BCUT2D eigenvalue weighted by Crippen LogP contribution is 2.26. The molecular weight excluding hydrogens is 419 g/mol. The average Bonchev–Trinajstić information content (AvgIpc) is 2.68. The van der Waals surface area contributed by atoms with Gasteiger partial charge in [-0.2, -0.15) is 4.31 Å². The van der Waals surface area contributed by atoms with Crippen LogP contribution in [0.5, 0.6) is 0 Å². The van der Waals surface area contributed by atoms with Crippen LogP contribution < -0.4 is 5.32 Å². The Labute approximate surface area is 169 Å². The topological polar surface area (TPSA) is 101 Å². The minimum absolute atomic E-state index is 0.00359. The Balaban J connectivity index is 1.67. The fraction of sp³-hybridized carbons (Fsp3) is 0.316. The van der Waals surface area contributed by atoms with Gasteiger partial charge in [0.2, 0.25) is 15.9 Å². The van der Waals surface area contributed by atoms with Crippen molar-refractivity contribution >= 4 is 31.5 Å². The van der Waals surface area contributed by atoms with E-state index in [1.165, 1.54) is 28.6 Å². The van der Waals surface area contributed by atoms with Gasteiger partial charge in [-0.3, -0.25) is 4.79 Å². The molecule has 0 bridgehead atoms. The molecule has 156 valence electrons. The summed E-state index contributed by atoms with van der Waals surface area (Å²) < 4.78 is 63.4. The third-order valence-electron chi connectivity index (χ3n) is 4.82. The molecule has 1 aliphatic rings. The lowest BCUT2D eigenvalue weighted by Crippen LogP contribution is -2.41. The maximum absolute atomic E-state index is 13.0. The molecule has 2 aromatic carbocycles. The van der Waals surface area contributed by atoms with Crippen molar-refractivity contribution in [3.05, 3.63) is 54.3 Å². The van der Waals surface area contributed by atoms with Crippen LogP contribution in [-0.2, 0) is 24.7 Å². The van der Waals surface area contributed by atoms with E-state index in [4.69, 9.17) is 0 Å². The normalized spacial score (nSPS) is 16.5. The highest BCUT2D eigenvalue weighted by atomic mass is 32.2. The lowest BCUT2D eigenvalue weighted by Gasteiger charge is -2.30. The number of carbonyl (C=O) groups excluding carboxylic acids is 1. The monoisotopic (exact) mass is 440 g/mol. The first-order valence-electron chi connectivity index (χ1n) is 8.95. The molecule has 10 heteroatoms. The number of anilines is 1. The van der Waals surface area contributed by atoms with Crippen LogP contribution in [0, 0.1) is 11.7 Å². The Morgan fingerprint density at radius 3 is 2.17 bits per heavy atom. The number of benzene rings is 2. The van der Waals surface area contributed by atoms with E-state index in [-0.39, 0.29) is 34.5 Å². The van der Waals surface area contributed by atoms with Crippen LogP contribution in [0.2, 0.25) is 0 Å². The van der Waals surface area contributed by atoms with Crippen LogP contribution in [0.15, 0.2) is 58.3 Å². The molecule has 1 fully saturated rings. The van der Waals surface area contributed by atoms with E-state index in [0.29, 0.717) is 12.8 Å². The molecule has 1 N–H and O–H groups in total. The molecule has 1 amide bonds. The summed E-state index contributed by atoms with van der Waals surface area (Å²) in [5, 5.41) is 2.65. The quantitative estimate of drug-likeness (QED) is 0.769. The van der Waals surface area contributed by atoms with Crippen LogP contribution in [0.4, 0.5) is 10.1 Å².